The van der Waals surface area contributed by atoms with Crippen LogP contribution in [0.3, 0.4) is 0 Å². The minimum Gasteiger partial charge on any atom is -0.312 e. The van der Waals surface area contributed by atoms with Gasteiger partial charge in [0.2, 0.25) is 5.91 Å². The minimum absolute atomic E-state index is 0.304. The number of carbonyl (C=O) groups is 3. The number of fused-ring (bicyclic) bond motifs is 2. The van der Waals surface area contributed by atoms with Crippen molar-refractivity contribution in [3.05, 3.63) is 95.6 Å². The van der Waals surface area contributed by atoms with E-state index < -0.39 is 29.7 Å². The van der Waals surface area contributed by atoms with Gasteiger partial charge < -0.3 is 5.32 Å². The third kappa shape index (κ3) is 3.61. The van der Waals surface area contributed by atoms with E-state index in [9.17, 15) is 14.4 Å². The molecule has 7 nitrogen and oxygen atoms in total. The lowest BCUT2D eigenvalue weighted by molar-refractivity contribution is -0.123. The van der Waals surface area contributed by atoms with Gasteiger partial charge in [0.1, 0.15) is 11.9 Å². The van der Waals surface area contributed by atoms with E-state index in [1.807, 2.05) is 61.5 Å². The van der Waals surface area contributed by atoms with Gasteiger partial charge >= 0.3 is 0 Å². The quantitative estimate of drug-likeness (QED) is 0.600. The number of nitrogens with one attached hydrogen (secondary N) is 1. The lowest BCUT2D eigenvalue weighted by Gasteiger charge is -2.24. The smallest absolute Gasteiger partial charge is 0.262 e. The Morgan fingerprint density at radius 2 is 1.35 bits per heavy atom. The first-order valence-corrected chi connectivity index (χ1v) is 11.0. The van der Waals surface area contributed by atoms with Gasteiger partial charge in [-0.15, -0.1) is 0 Å². The summed E-state index contributed by atoms with van der Waals surface area (Å²) >= 11 is 0. The average Bonchev–Trinajstić information content (AvgIpc) is 3.01. The van der Waals surface area contributed by atoms with Gasteiger partial charge in [-0.2, -0.15) is 0 Å². The highest BCUT2D eigenvalue weighted by Crippen LogP contribution is 2.34. The molecule has 168 valence electrons. The SMILES string of the molecule is CC1=Nc2ccccc2N=C(NC(=O)[C@H](C)N2C(=O)c3ccccc3C2=O)[C@@H]1c1ccccc1. The van der Waals surface area contributed by atoms with Gasteiger partial charge in [-0.3, -0.25) is 24.3 Å². The summed E-state index contributed by atoms with van der Waals surface area (Å²) < 4.78 is 0. The summed E-state index contributed by atoms with van der Waals surface area (Å²) in [5.74, 6) is -1.46. The highest BCUT2D eigenvalue weighted by Gasteiger charge is 2.41. The van der Waals surface area contributed by atoms with Gasteiger partial charge in [-0.25, -0.2) is 4.99 Å². The second-order valence-electron chi connectivity index (χ2n) is 8.27. The highest BCUT2D eigenvalue weighted by atomic mass is 16.2. The summed E-state index contributed by atoms with van der Waals surface area (Å²) in [5.41, 5.74) is 3.63. The number of hydrogen-bond acceptors (Lipinski definition) is 5. The number of amidine groups is 1. The molecule has 3 aromatic rings. The molecule has 3 aromatic carbocycles. The van der Waals surface area contributed by atoms with E-state index in [0.717, 1.165) is 16.2 Å². The van der Waals surface area contributed by atoms with Crippen molar-refractivity contribution in [3.8, 4) is 0 Å². The van der Waals surface area contributed by atoms with Crippen LogP contribution >= 0.6 is 0 Å². The molecule has 0 fully saturated rings. The first-order chi connectivity index (χ1) is 16.5. The van der Waals surface area contributed by atoms with Gasteiger partial charge in [0.05, 0.1) is 28.4 Å². The molecule has 0 radical (unpaired) electrons. The molecule has 0 aliphatic carbocycles. The number of amides is 3. The lowest BCUT2D eigenvalue weighted by atomic mass is 9.93. The van der Waals surface area contributed by atoms with Crippen molar-refractivity contribution in [1.82, 2.24) is 10.2 Å². The first-order valence-electron chi connectivity index (χ1n) is 11.0. The molecular formula is C27H22N4O3. The molecule has 7 heteroatoms. The Bertz CT molecular complexity index is 1340. The standard InChI is InChI=1S/C27H22N4O3/c1-16-23(18-10-4-3-5-11-18)24(29-22-15-9-8-14-21(22)28-16)30-25(32)17(2)31-26(33)19-12-6-7-13-20(19)27(31)34/h3-15,17,23H,1-2H3,(H,29,30,32)/t17-,23-/m0/s1. The molecule has 3 amide bonds. The summed E-state index contributed by atoms with van der Waals surface area (Å²) in [6, 6.07) is 22.7. The molecular weight excluding hydrogens is 428 g/mol. The Kier molecular flexibility index (Phi) is 5.37. The van der Waals surface area contributed by atoms with Gasteiger partial charge in [0.25, 0.3) is 11.8 Å². The van der Waals surface area contributed by atoms with E-state index >= 15 is 0 Å². The Hall–Kier alpha value is -4.39. The van der Waals surface area contributed by atoms with Crippen molar-refractivity contribution in [3.63, 3.8) is 0 Å². The number of rotatable bonds is 3. The number of nitrogens with zero attached hydrogens (tertiary/aromatic N) is 3. The van der Waals surface area contributed by atoms with Crippen LogP contribution in [-0.4, -0.2) is 40.2 Å². The zero-order valence-electron chi connectivity index (χ0n) is 18.7. The Balaban J connectivity index is 1.50. The van der Waals surface area contributed by atoms with E-state index in [-0.39, 0.29) is 0 Å². The molecule has 5 rings (SSSR count). The third-order valence-corrected chi connectivity index (χ3v) is 6.09. The molecule has 0 bridgehead atoms. The lowest BCUT2D eigenvalue weighted by Crippen LogP contribution is -2.50. The van der Waals surface area contributed by atoms with Crippen molar-refractivity contribution in [1.29, 1.82) is 0 Å². The molecule has 0 spiro atoms. The van der Waals surface area contributed by atoms with Crippen molar-refractivity contribution in [2.24, 2.45) is 9.98 Å². The topological polar surface area (TPSA) is 91.2 Å². The Labute approximate surface area is 196 Å². The largest absolute Gasteiger partial charge is 0.312 e. The molecule has 2 atom stereocenters. The summed E-state index contributed by atoms with van der Waals surface area (Å²) in [5, 5.41) is 2.91. The van der Waals surface area contributed by atoms with Crippen molar-refractivity contribution in [2.75, 3.05) is 0 Å². The monoisotopic (exact) mass is 450 g/mol. The Morgan fingerprint density at radius 1 is 0.824 bits per heavy atom. The van der Waals surface area contributed by atoms with Crippen LogP contribution in [0.4, 0.5) is 11.4 Å². The molecule has 1 N–H and O–H groups in total. The first kappa shape index (κ1) is 21.5. The van der Waals surface area contributed by atoms with Gasteiger partial charge in [-0.05, 0) is 43.7 Å². The number of benzene rings is 3. The summed E-state index contributed by atoms with van der Waals surface area (Å²) in [7, 11) is 0. The summed E-state index contributed by atoms with van der Waals surface area (Å²) in [6.07, 6.45) is 0. The normalized spacial score (nSPS) is 17.8. The van der Waals surface area contributed by atoms with Crippen LogP contribution in [0, 0.1) is 0 Å². The molecule has 2 aliphatic heterocycles. The third-order valence-electron chi connectivity index (χ3n) is 6.09. The molecule has 0 aromatic heterocycles. The van der Waals surface area contributed by atoms with Crippen LogP contribution in [0.5, 0.6) is 0 Å². The number of carbonyl (C=O) groups excluding carboxylic acids is 3. The van der Waals surface area contributed by atoms with E-state index in [2.05, 4.69) is 5.32 Å². The van der Waals surface area contributed by atoms with E-state index in [1.165, 1.54) is 0 Å². The van der Waals surface area contributed by atoms with Gasteiger partial charge in [-0.1, -0.05) is 54.6 Å². The van der Waals surface area contributed by atoms with Crippen LogP contribution in [0.1, 0.15) is 46.0 Å². The predicted octanol–water partition coefficient (Wildman–Crippen LogP) is 4.41. The second kappa shape index (κ2) is 8.51. The zero-order chi connectivity index (χ0) is 23.8. The van der Waals surface area contributed by atoms with Gasteiger partial charge in [0.15, 0.2) is 0 Å². The van der Waals surface area contributed by atoms with Crippen LogP contribution in [0.15, 0.2) is 88.8 Å². The molecule has 0 unspecified atom stereocenters. The Morgan fingerprint density at radius 3 is 1.97 bits per heavy atom. The number of hydrogen-bond donors (Lipinski definition) is 1. The van der Waals surface area contributed by atoms with E-state index in [4.69, 9.17) is 9.98 Å². The summed E-state index contributed by atoms with van der Waals surface area (Å²) in [4.78, 5) is 49.6. The number of imide groups is 1. The van der Waals surface area contributed by atoms with Crippen molar-refractivity contribution >= 4 is 40.6 Å². The van der Waals surface area contributed by atoms with Crippen LogP contribution < -0.4 is 5.32 Å². The summed E-state index contributed by atoms with van der Waals surface area (Å²) in [6.45, 7) is 3.44. The second-order valence-corrected chi connectivity index (χ2v) is 8.27. The molecule has 0 saturated carbocycles. The maximum absolute atomic E-state index is 13.4. The molecule has 0 saturated heterocycles. The van der Waals surface area contributed by atoms with Crippen molar-refractivity contribution in [2.45, 2.75) is 25.8 Å². The fourth-order valence-electron chi connectivity index (χ4n) is 4.35. The fourth-order valence-corrected chi connectivity index (χ4v) is 4.35. The minimum atomic E-state index is -1.03. The molecule has 34 heavy (non-hydrogen) atoms. The average molecular weight is 450 g/mol. The van der Waals surface area contributed by atoms with Crippen molar-refractivity contribution < 1.29 is 14.4 Å². The number of aliphatic imine (C=N–C) groups is 2. The zero-order valence-corrected chi connectivity index (χ0v) is 18.7. The predicted molar refractivity (Wildman–Crippen MR) is 130 cm³/mol. The van der Waals surface area contributed by atoms with Crippen LogP contribution in [0.2, 0.25) is 0 Å². The van der Waals surface area contributed by atoms with E-state index in [0.29, 0.717) is 28.3 Å². The molecule has 2 aliphatic rings. The maximum atomic E-state index is 13.4. The van der Waals surface area contributed by atoms with Crippen LogP contribution in [0.25, 0.3) is 0 Å². The highest BCUT2D eigenvalue weighted by molar-refractivity contribution is 6.24. The maximum Gasteiger partial charge on any atom is 0.262 e. The van der Waals surface area contributed by atoms with E-state index in [1.54, 1.807) is 31.2 Å². The molecule has 2 heterocycles. The van der Waals surface area contributed by atoms with Crippen LogP contribution in [-0.2, 0) is 4.79 Å². The van der Waals surface area contributed by atoms with Gasteiger partial charge in [0, 0.05) is 5.71 Å². The number of para-hydroxylation sites is 2. The fraction of sp³-hybridized carbons (Fsp3) is 0.148.